The lowest BCUT2D eigenvalue weighted by Crippen LogP contribution is -2.44. The van der Waals surface area contributed by atoms with Gasteiger partial charge in [-0.15, -0.1) is 11.3 Å². The van der Waals surface area contributed by atoms with Crippen molar-refractivity contribution < 1.29 is 15.0 Å². The molecule has 3 N–H and O–H groups in total. The van der Waals surface area contributed by atoms with Crippen LogP contribution in [-0.2, 0) is 6.54 Å². The van der Waals surface area contributed by atoms with Crippen LogP contribution in [0.5, 0.6) is 0 Å². The van der Waals surface area contributed by atoms with Crippen LogP contribution in [0.2, 0.25) is 0 Å². The van der Waals surface area contributed by atoms with E-state index in [1.54, 1.807) is 5.38 Å². The summed E-state index contributed by atoms with van der Waals surface area (Å²) in [4.78, 5) is 11.4. The Hall–Kier alpha value is -0.910. The molecule has 0 atom stereocenters. The minimum Gasteiger partial charge on any atom is -0.477 e. The van der Waals surface area contributed by atoms with Gasteiger partial charge in [0.2, 0.25) is 0 Å². The van der Waals surface area contributed by atoms with Gasteiger partial charge in [-0.25, -0.2) is 4.79 Å². The smallest absolute Gasteiger partial charge is 0.346 e. The minimum atomic E-state index is -0.880. The number of nitrogens with one attached hydrogen (secondary N) is 1. The summed E-state index contributed by atoms with van der Waals surface area (Å²) in [6.07, 6.45) is 3.68. The predicted octanol–water partition coefficient (Wildman–Crippen LogP) is 2.87. The summed E-state index contributed by atoms with van der Waals surface area (Å²) < 4.78 is 0. The molecule has 0 saturated heterocycles. The lowest BCUT2D eigenvalue weighted by atomic mass is 9.71. The predicted molar refractivity (Wildman–Crippen MR) is 80.2 cm³/mol. The molecule has 1 aromatic heterocycles. The van der Waals surface area contributed by atoms with Crippen molar-refractivity contribution in [1.29, 1.82) is 0 Å². The molecule has 5 heteroatoms. The Labute approximate surface area is 123 Å². The molecule has 0 radical (unpaired) electrons. The number of thiophene rings is 1. The van der Waals surface area contributed by atoms with E-state index in [0.29, 0.717) is 23.4 Å². The normalized spacial score (nSPS) is 20.8. The summed E-state index contributed by atoms with van der Waals surface area (Å²) in [5.41, 5.74) is 0.479. The van der Waals surface area contributed by atoms with Crippen molar-refractivity contribution in [2.45, 2.75) is 51.7 Å². The Morgan fingerprint density at radius 2 is 2.00 bits per heavy atom. The first-order chi connectivity index (χ1) is 9.31. The highest BCUT2D eigenvalue weighted by Crippen LogP contribution is 2.39. The Kier molecular flexibility index (Phi) is 4.52. The zero-order chi connectivity index (χ0) is 14.8. The Bertz CT molecular complexity index is 471. The van der Waals surface area contributed by atoms with Gasteiger partial charge < -0.3 is 15.5 Å². The van der Waals surface area contributed by atoms with E-state index in [-0.39, 0.29) is 0 Å². The summed E-state index contributed by atoms with van der Waals surface area (Å²) in [6, 6.07) is 1.83. The molecule has 1 aromatic rings. The van der Waals surface area contributed by atoms with Crippen molar-refractivity contribution in [3.05, 3.63) is 21.9 Å². The maximum Gasteiger partial charge on any atom is 0.346 e. The Balaban J connectivity index is 1.84. The molecule has 0 aromatic carbocycles. The number of carboxylic acid groups (broad SMARTS) is 1. The first kappa shape index (κ1) is 15.5. The summed E-state index contributed by atoms with van der Waals surface area (Å²) in [5, 5.41) is 24.6. The second kappa shape index (κ2) is 5.84. The Morgan fingerprint density at radius 1 is 1.35 bits per heavy atom. The van der Waals surface area contributed by atoms with E-state index in [2.05, 4.69) is 19.2 Å². The van der Waals surface area contributed by atoms with Crippen molar-refractivity contribution in [2.75, 3.05) is 6.54 Å². The van der Waals surface area contributed by atoms with Gasteiger partial charge in [0.1, 0.15) is 4.88 Å². The van der Waals surface area contributed by atoms with Crippen LogP contribution in [0.3, 0.4) is 0 Å². The number of carbonyl (C=O) groups is 1. The van der Waals surface area contributed by atoms with Crippen LogP contribution in [0.1, 0.15) is 54.8 Å². The molecule has 20 heavy (non-hydrogen) atoms. The molecular weight excluding hydrogens is 274 g/mol. The molecule has 112 valence electrons. The highest BCUT2D eigenvalue weighted by molar-refractivity contribution is 7.12. The Morgan fingerprint density at radius 3 is 2.60 bits per heavy atom. The van der Waals surface area contributed by atoms with E-state index < -0.39 is 11.6 Å². The van der Waals surface area contributed by atoms with Gasteiger partial charge in [0.05, 0.1) is 5.60 Å². The van der Waals surface area contributed by atoms with Gasteiger partial charge in [-0.1, -0.05) is 13.8 Å². The van der Waals surface area contributed by atoms with Crippen LogP contribution in [-0.4, -0.2) is 28.3 Å². The third kappa shape index (κ3) is 3.81. The molecule has 0 spiro atoms. The maximum atomic E-state index is 11.0. The summed E-state index contributed by atoms with van der Waals surface area (Å²) in [6.45, 7) is 5.50. The molecular formula is C15H23NO3S. The fraction of sp³-hybridized carbons (Fsp3) is 0.667. The van der Waals surface area contributed by atoms with Crippen LogP contribution in [0.15, 0.2) is 11.4 Å². The molecule has 2 rings (SSSR count). The van der Waals surface area contributed by atoms with Gasteiger partial charge in [-0.2, -0.15) is 0 Å². The largest absolute Gasteiger partial charge is 0.477 e. The average Bonchev–Trinajstić information content (AvgIpc) is 2.82. The topological polar surface area (TPSA) is 69.6 Å². The molecule has 0 bridgehead atoms. The molecule has 1 saturated carbocycles. The molecule has 4 nitrogen and oxygen atoms in total. The lowest BCUT2D eigenvalue weighted by Gasteiger charge is -2.40. The van der Waals surface area contributed by atoms with Crippen LogP contribution in [0, 0.1) is 5.41 Å². The van der Waals surface area contributed by atoms with Crippen molar-refractivity contribution >= 4 is 17.3 Å². The second-order valence-corrected chi connectivity index (χ2v) is 7.49. The highest BCUT2D eigenvalue weighted by Gasteiger charge is 2.36. The van der Waals surface area contributed by atoms with Crippen molar-refractivity contribution in [3.8, 4) is 0 Å². The van der Waals surface area contributed by atoms with Crippen molar-refractivity contribution in [3.63, 3.8) is 0 Å². The fourth-order valence-electron chi connectivity index (χ4n) is 2.66. The first-order valence-corrected chi connectivity index (χ1v) is 7.92. The van der Waals surface area contributed by atoms with Gasteiger partial charge in [0.25, 0.3) is 0 Å². The SMILES string of the molecule is CC1(C)CCC(O)(CNCc2ccsc2C(=O)O)CC1. The zero-order valence-corrected chi connectivity index (χ0v) is 12.9. The van der Waals surface area contributed by atoms with E-state index in [1.807, 2.05) is 6.07 Å². The second-order valence-electron chi connectivity index (χ2n) is 6.57. The van der Waals surface area contributed by atoms with E-state index in [0.717, 1.165) is 31.2 Å². The van der Waals surface area contributed by atoms with Crippen molar-refractivity contribution in [1.82, 2.24) is 5.32 Å². The lowest BCUT2D eigenvalue weighted by molar-refractivity contribution is -0.0245. The number of aromatic carboxylic acids is 1. The van der Waals surface area contributed by atoms with Crippen molar-refractivity contribution in [2.24, 2.45) is 5.41 Å². The fourth-order valence-corrected chi connectivity index (χ4v) is 3.42. The molecule has 1 fully saturated rings. The van der Waals surface area contributed by atoms with Gasteiger partial charge in [-0.05, 0) is 48.1 Å². The monoisotopic (exact) mass is 297 g/mol. The molecule has 1 heterocycles. The molecule has 0 unspecified atom stereocenters. The van der Waals surface area contributed by atoms with Crippen LogP contribution >= 0.6 is 11.3 Å². The first-order valence-electron chi connectivity index (χ1n) is 7.04. The number of carboxylic acids is 1. The van der Waals surface area contributed by atoms with E-state index in [1.165, 1.54) is 11.3 Å². The average molecular weight is 297 g/mol. The standard InChI is InChI=1S/C15H23NO3S/c1-14(2)4-6-15(19,7-5-14)10-16-9-11-3-8-20-12(11)13(17)18/h3,8,16,19H,4-7,9-10H2,1-2H3,(H,17,18). The van der Waals surface area contributed by atoms with Crippen LogP contribution < -0.4 is 5.32 Å². The summed E-state index contributed by atoms with van der Waals surface area (Å²) in [7, 11) is 0. The number of aliphatic hydroxyl groups is 1. The molecule has 0 amide bonds. The van der Waals surface area contributed by atoms with Gasteiger partial charge in [0.15, 0.2) is 0 Å². The van der Waals surface area contributed by atoms with E-state index >= 15 is 0 Å². The van der Waals surface area contributed by atoms with Gasteiger partial charge in [-0.3, -0.25) is 0 Å². The summed E-state index contributed by atoms with van der Waals surface area (Å²) in [5.74, 6) is -0.880. The van der Waals surface area contributed by atoms with Crippen LogP contribution in [0.25, 0.3) is 0 Å². The van der Waals surface area contributed by atoms with E-state index in [9.17, 15) is 9.90 Å². The van der Waals surface area contributed by atoms with Gasteiger partial charge >= 0.3 is 5.97 Å². The molecule has 1 aliphatic carbocycles. The number of hydrogen-bond donors (Lipinski definition) is 3. The molecule has 1 aliphatic rings. The third-order valence-corrected chi connectivity index (χ3v) is 5.19. The number of hydrogen-bond acceptors (Lipinski definition) is 4. The minimum absolute atomic E-state index is 0.329. The van der Waals surface area contributed by atoms with Gasteiger partial charge in [0, 0.05) is 13.1 Å². The highest BCUT2D eigenvalue weighted by atomic mass is 32.1. The third-order valence-electron chi connectivity index (χ3n) is 4.24. The molecule has 0 aliphatic heterocycles. The summed E-state index contributed by atoms with van der Waals surface area (Å²) >= 11 is 1.24. The zero-order valence-electron chi connectivity index (χ0n) is 12.1. The maximum absolute atomic E-state index is 11.0. The quantitative estimate of drug-likeness (QED) is 0.781. The van der Waals surface area contributed by atoms with Crippen LogP contribution in [0.4, 0.5) is 0 Å². The van der Waals surface area contributed by atoms with E-state index in [4.69, 9.17) is 5.11 Å². The number of rotatable bonds is 5.